The van der Waals surface area contributed by atoms with Gasteiger partial charge in [0.2, 0.25) is 0 Å². The summed E-state index contributed by atoms with van der Waals surface area (Å²) in [5.74, 6) is 0. The molecule has 0 aliphatic heterocycles. The number of aromatic nitrogens is 1. The number of hydrogen-bond donors (Lipinski definition) is 0. The minimum atomic E-state index is 0.280. The molecule has 0 N–H and O–H groups in total. The highest BCUT2D eigenvalue weighted by molar-refractivity contribution is 9.11. The lowest BCUT2D eigenvalue weighted by atomic mass is 10.1. The lowest BCUT2D eigenvalue weighted by Gasteiger charge is -2.12. The van der Waals surface area contributed by atoms with Gasteiger partial charge in [-0.2, -0.15) is 0 Å². The maximum atomic E-state index is 4.45. The van der Waals surface area contributed by atoms with Crippen molar-refractivity contribution in [1.82, 2.24) is 4.98 Å². The maximum absolute atomic E-state index is 4.45. The van der Waals surface area contributed by atoms with Gasteiger partial charge in [-0.3, -0.25) is 4.98 Å². The van der Waals surface area contributed by atoms with E-state index in [9.17, 15) is 0 Å². The van der Waals surface area contributed by atoms with Gasteiger partial charge in [0.15, 0.2) is 0 Å². The van der Waals surface area contributed by atoms with Gasteiger partial charge in [-0.05, 0) is 42.7 Å². The van der Waals surface area contributed by atoms with Crippen LogP contribution in [-0.2, 0) is 6.42 Å². The number of hydrogen-bond acceptors (Lipinski definition) is 1. The molecule has 0 saturated heterocycles. The molecule has 0 aliphatic carbocycles. The van der Waals surface area contributed by atoms with E-state index in [1.807, 2.05) is 6.20 Å². The summed E-state index contributed by atoms with van der Waals surface area (Å²) in [4.78, 5) is 4.73. The molecule has 0 amide bonds. The van der Waals surface area contributed by atoms with E-state index >= 15 is 0 Å². The molecular formula is C15H15Br2N. The zero-order valence-electron chi connectivity index (χ0n) is 10.5. The van der Waals surface area contributed by atoms with Gasteiger partial charge < -0.3 is 0 Å². The molecule has 94 valence electrons. The molecule has 0 fully saturated rings. The Morgan fingerprint density at radius 3 is 2.44 bits per heavy atom. The van der Waals surface area contributed by atoms with Gasteiger partial charge in [-0.25, -0.2) is 0 Å². The zero-order chi connectivity index (χ0) is 13.1. The van der Waals surface area contributed by atoms with Crippen LogP contribution in [0, 0.1) is 13.8 Å². The number of nitrogens with zero attached hydrogens (tertiary/aromatic N) is 1. The normalized spacial score (nSPS) is 12.4. The summed E-state index contributed by atoms with van der Waals surface area (Å²) in [5.41, 5.74) is 4.83. The van der Waals surface area contributed by atoms with Crippen molar-refractivity contribution < 1.29 is 0 Å². The number of benzene rings is 1. The molecule has 2 aromatic rings. The third kappa shape index (κ3) is 3.42. The molecule has 2 rings (SSSR count). The van der Waals surface area contributed by atoms with Crippen molar-refractivity contribution in [3.63, 3.8) is 0 Å². The summed E-state index contributed by atoms with van der Waals surface area (Å²) in [6.07, 6.45) is 2.81. The Hall–Kier alpha value is -0.670. The third-order valence-corrected chi connectivity index (χ3v) is 4.36. The largest absolute Gasteiger partial charge is 0.261 e. The topological polar surface area (TPSA) is 12.9 Å². The molecule has 1 heterocycles. The van der Waals surface area contributed by atoms with Gasteiger partial charge in [0.25, 0.3) is 0 Å². The summed E-state index contributed by atoms with van der Waals surface area (Å²) in [5, 5.41) is 0. The minimum Gasteiger partial charge on any atom is -0.261 e. The van der Waals surface area contributed by atoms with Crippen molar-refractivity contribution >= 4 is 31.9 Å². The molecule has 1 atom stereocenters. The van der Waals surface area contributed by atoms with E-state index in [0.29, 0.717) is 0 Å². The molecule has 1 aromatic carbocycles. The highest BCUT2D eigenvalue weighted by Gasteiger charge is 2.12. The Bertz CT molecular complexity index is 535. The third-order valence-electron chi connectivity index (χ3n) is 2.85. The van der Waals surface area contributed by atoms with Crippen LogP contribution in [0.1, 0.15) is 27.2 Å². The monoisotopic (exact) mass is 367 g/mol. The highest BCUT2D eigenvalue weighted by atomic mass is 79.9. The lowest BCUT2D eigenvalue weighted by Crippen LogP contribution is -1.99. The zero-order valence-corrected chi connectivity index (χ0v) is 13.6. The summed E-state index contributed by atoms with van der Waals surface area (Å²) in [7, 11) is 0. The molecule has 0 radical (unpaired) electrons. The first-order valence-electron chi connectivity index (χ1n) is 5.88. The Labute approximate surface area is 125 Å². The van der Waals surface area contributed by atoms with Crippen molar-refractivity contribution in [2.45, 2.75) is 25.1 Å². The quantitative estimate of drug-likeness (QED) is 0.683. The number of rotatable bonds is 3. The van der Waals surface area contributed by atoms with Crippen molar-refractivity contribution in [3.05, 3.63) is 63.4 Å². The van der Waals surface area contributed by atoms with Gasteiger partial charge in [-0.1, -0.05) is 50.1 Å². The van der Waals surface area contributed by atoms with Crippen LogP contribution < -0.4 is 0 Å². The van der Waals surface area contributed by atoms with Gasteiger partial charge >= 0.3 is 0 Å². The predicted molar refractivity (Wildman–Crippen MR) is 83.2 cm³/mol. The average Bonchev–Trinajstić information content (AvgIpc) is 2.32. The molecule has 1 nitrogen and oxygen atoms in total. The first kappa shape index (κ1) is 13.8. The average molecular weight is 369 g/mol. The van der Waals surface area contributed by atoms with E-state index < -0.39 is 0 Å². The molecule has 0 saturated carbocycles. The van der Waals surface area contributed by atoms with Crippen molar-refractivity contribution in [2.24, 2.45) is 0 Å². The van der Waals surface area contributed by atoms with Crippen LogP contribution in [0.2, 0.25) is 0 Å². The number of aryl methyl sites for hydroxylation is 2. The molecule has 0 aliphatic rings. The number of pyridine rings is 1. The second-order valence-electron chi connectivity index (χ2n) is 4.52. The second kappa shape index (κ2) is 5.98. The first-order valence-corrected chi connectivity index (χ1v) is 7.59. The van der Waals surface area contributed by atoms with Gasteiger partial charge in [0.05, 0.1) is 0 Å². The van der Waals surface area contributed by atoms with Crippen LogP contribution in [-0.4, -0.2) is 4.98 Å². The SMILES string of the molecule is Cc1ccc(CC(Br)c2ccc(C)cc2Br)nc1. The van der Waals surface area contributed by atoms with Gasteiger partial charge in [0, 0.05) is 27.6 Å². The van der Waals surface area contributed by atoms with Crippen LogP contribution >= 0.6 is 31.9 Å². The first-order chi connectivity index (χ1) is 8.56. The fourth-order valence-electron chi connectivity index (χ4n) is 1.80. The van der Waals surface area contributed by atoms with Gasteiger partial charge in [0.1, 0.15) is 0 Å². The Balaban J connectivity index is 2.16. The Kier molecular flexibility index (Phi) is 4.57. The summed E-state index contributed by atoms with van der Waals surface area (Å²) in [6.45, 7) is 4.15. The van der Waals surface area contributed by atoms with Crippen LogP contribution in [0.3, 0.4) is 0 Å². The van der Waals surface area contributed by atoms with Crippen LogP contribution in [0.5, 0.6) is 0 Å². The predicted octanol–water partition coefficient (Wildman–Crippen LogP) is 5.14. The molecule has 1 unspecified atom stereocenters. The highest BCUT2D eigenvalue weighted by Crippen LogP contribution is 2.32. The van der Waals surface area contributed by atoms with E-state index in [0.717, 1.165) is 16.6 Å². The molecule has 0 bridgehead atoms. The minimum absolute atomic E-state index is 0.280. The fraction of sp³-hybridized carbons (Fsp3) is 0.267. The Morgan fingerprint density at radius 1 is 1.11 bits per heavy atom. The van der Waals surface area contributed by atoms with E-state index in [1.54, 1.807) is 0 Å². The second-order valence-corrected chi connectivity index (χ2v) is 6.48. The molecule has 0 spiro atoms. The maximum Gasteiger partial charge on any atom is 0.0461 e. The lowest BCUT2D eigenvalue weighted by molar-refractivity contribution is 0.897. The van der Waals surface area contributed by atoms with E-state index in [2.05, 4.69) is 81.0 Å². The van der Waals surface area contributed by atoms with Crippen LogP contribution in [0.25, 0.3) is 0 Å². The summed E-state index contributed by atoms with van der Waals surface area (Å²) in [6, 6.07) is 10.6. The van der Waals surface area contributed by atoms with E-state index in [-0.39, 0.29) is 4.83 Å². The molecule has 18 heavy (non-hydrogen) atoms. The molecule has 1 aromatic heterocycles. The Morgan fingerprint density at radius 2 is 1.83 bits per heavy atom. The molecule has 3 heteroatoms. The van der Waals surface area contributed by atoms with E-state index in [4.69, 9.17) is 0 Å². The van der Waals surface area contributed by atoms with Crippen molar-refractivity contribution in [1.29, 1.82) is 0 Å². The molecular weight excluding hydrogens is 354 g/mol. The standard InChI is InChI=1S/C15H15Br2N/c1-10-4-6-13(14(16)7-10)15(17)8-12-5-3-11(2)9-18-12/h3-7,9,15H,8H2,1-2H3. The van der Waals surface area contributed by atoms with Crippen molar-refractivity contribution in [2.75, 3.05) is 0 Å². The summed E-state index contributed by atoms with van der Waals surface area (Å²) < 4.78 is 1.15. The summed E-state index contributed by atoms with van der Waals surface area (Å²) >= 11 is 7.37. The smallest absolute Gasteiger partial charge is 0.0461 e. The number of halogens is 2. The number of alkyl halides is 1. The van der Waals surface area contributed by atoms with Gasteiger partial charge in [-0.15, -0.1) is 0 Å². The van der Waals surface area contributed by atoms with Crippen LogP contribution in [0.4, 0.5) is 0 Å². The fourth-order valence-corrected chi connectivity index (χ4v) is 3.61. The van der Waals surface area contributed by atoms with Crippen molar-refractivity contribution in [3.8, 4) is 0 Å². The van der Waals surface area contributed by atoms with E-state index in [1.165, 1.54) is 16.7 Å². The van der Waals surface area contributed by atoms with Crippen LogP contribution in [0.15, 0.2) is 41.0 Å².